The summed E-state index contributed by atoms with van der Waals surface area (Å²) in [5, 5.41) is 16.6. The van der Waals surface area contributed by atoms with E-state index in [-0.39, 0.29) is 29.7 Å². The third-order valence-corrected chi connectivity index (χ3v) is 8.83. The number of hydrogen-bond acceptors (Lipinski definition) is 4. The zero-order valence-electron chi connectivity index (χ0n) is 17.7. The second-order valence-electron chi connectivity index (χ2n) is 9.55. The van der Waals surface area contributed by atoms with Gasteiger partial charge in [-0.25, -0.2) is 0 Å². The summed E-state index contributed by atoms with van der Waals surface area (Å²) in [6.45, 7) is 0. The Morgan fingerprint density at radius 2 is 1.65 bits per heavy atom. The highest BCUT2D eigenvalue weighted by Crippen LogP contribution is 2.49. The molecule has 4 unspecified atom stereocenters. The fraction of sp³-hybridized carbons (Fsp3) is 0.625. The summed E-state index contributed by atoms with van der Waals surface area (Å²) < 4.78 is 0. The molecule has 1 aromatic heterocycles. The quantitative estimate of drug-likeness (QED) is 0.597. The predicted octanol–water partition coefficient (Wildman–Crippen LogP) is 4.15. The number of aliphatic carboxylic acids is 1. The van der Waals surface area contributed by atoms with Gasteiger partial charge in [-0.1, -0.05) is 31.4 Å². The molecule has 6 nitrogen and oxygen atoms in total. The van der Waals surface area contributed by atoms with Gasteiger partial charge in [-0.2, -0.15) is 0 Å². The fourth-order valence-corrected chi connectivity index (χ4v) is 7.40. The highest BCUT2D eigenvalue weighted by molar-refractivity contribution is 7.17. The van der Waals surface area contributed by atoms with Crippen molar-refractivity contribution in [1.82, 2.24) is 5.32 Å². The zero-order chi connectivity index (χ0) is 21.5. The number of carboxylic acids is 1. The molecule has 166 valence electrons. The van der Waals surface area contributed by atoms with Gasteiger partial charge in [0.25, 0.3) is 5.91 Å². The van der Waals surface area contributed by atoms with Crippen LogP contribution < -0.4 is 10.6 Å². The summed E-state index contributed by atoms with van der Waals surface area (Å²) in [5.74, 6) is -2.58. The molecule has 0 saturated heterocycles. The molecule has 2 amide bonds. The molecule has 3 N–H and O–H groups in total. The number of hydrogen-bond donors (Lipinski definition) is 3. The first-order valence-corrected chi connectivity index (χ1v) is 12.5. The van der Waals surface area contributed by atoms with Crippen molar-refractivity contribution in [2.75, 3.05) is 5.32 Å². The average molecular weight is 443 g/mol. The van der Waals surface area contributed by atoms with E-state index in [1.54, 1.807) is 0 Å². The van der Waals surface area contributed by atoms with Crippen LogP contribution in [0.5, 0.6) is 0 Å². The van der Waals surface area contributed by atoms with Crippen LogP contribution in [0.4, 0.5) is 5.00 Å². The van der Waals surface area contributed by atoms with E-state index in [1.807, 2.05) is 12.2 Å². The third kappa shape index (κ3) is 3.81. The Kier molecular flexibility index (Phi) is 5.63. The van der Waals surface area contributed by atoms with Gasteiger partial charge < -0.3 is 15.7 Å². The lowest BCUT2D eigenvalue weighted by Gasteiger charge is -2.25. The van der Waals surface area contributed by atoms with Crippen molar-refractivity contribution in [3.8, 4) is 0 Å². The number of amides is 2. The summed E-state index contributed by atoms with van der Waals surface area (Å²) in [6, 6.07) is 0.205. The van der Waals surface area contributed by atoms with E-state index in [1.165, 1.54) is 22.6 Å². The van der Waals surface area contributed by atoms with E-state index < -0.39 is 17.8 Å². The van der Waals surface area contributed by atoms with Gasteiger partial charge in [-0.15, -0.1) is 11.3 Å². The number of thiophene rings is 1. The number of carboxylic acid groups (broad SMARTS) is 1. The Morgan fingerprint density at radius 1 is 0.935 bits per heavy atom. The van der Waals surface area contributed by atoms with Gasteiger partial charge in [0.1, 0.15) is 5.00 Å². The normalized spacial score (nSPS) is 29.5. The van der Waals surface area contributed by atoms with Crippen LogP contribution in [0.3, 0.4) is 0 Å². The van der Waals surface area contributed by atoms with E-state index in [0.717, 1.165) is 63.4 Å². The molecule has 0 aromatic carbocycles. The van der Waals surface area contributed by atoms with Gasteiger partial charge in [0.05, 0.1) is 17.4 Å². The summed E-state index contributed by atoms with van der Waals surface area (Å²) in [7, 11) is 0. The maximum atomic E-state index is 13.3. The highest BCUT2D eigenvalue weighted by atomic mass is 32.1. The molecule has 31 heavy (non-hydrogen) atoms. The monoisotopic (exact) mass is 442 g/mol. The van der Waals surface area contributed by atoms with Crippen molar-refractivity contribution in [1.29, 1.82) is 0 Å². The van der Waals surface area contributed by atoms with E-state index in [9.17, 15) is 19.5 Å². The standard InChI is InChI=1S/C24H30N2O4S/c27-21(18-13-10-11-14(12-13)19(18)24(29)30)26-23-20(16-8-4-5-9-17(16)31-23)22(28)25-15-6-2-1-3-7-15/h10-11,13-15,18-19H,1-9,12H2,(H,25,28)(H,26,27)(H,29,30). The third-order valence-electron chi connectivity index (χ3n) is 7.62. The van der Waals surface area contributed by atoms with Crippen LogP contribution in [0.2, 0.25) is 0 Å². The number of fused-ring (bicyclic) bond motifs is 3. The molecule has 0 aliphatic heterocycles. The molecule has 1 heterocycles. The zero-order valence-corrected chi connectivity index (χ0v) is 18.5. The van der Waals surface area contributed by atoms with Crippen LogP contribution in [0.1, 0.15) is 72.2 Å². The largest absolute Gasteiger partial charge is 0.481 e. The van der Waals surface area contributed by atoms with Crippen molar-refractivity contribution >= 4 is 34.1 Å². The molecule has 5 rings (SSSR count). The van der Waals surface area contributed by atoms with Gasteiger partial charge in [0, 0.05) is 10.9 Å². The Bertz CT molecular complexity index is 930. The molecule has 1 aromatic rings. The minimum atomic E-state index is -0.905. The minimum absolute atomic E-state index is 0.0276. The highest BCUT2D eigenvalue weighted by Gasteiger charge is 2.51. The topological polar surface area (TPSA) is 95.5 Å². The molecule has 2 fully saturated rings. The van der Waals surface area contributed by atoms with E-state index in [2.05, 4.69) is 10.6 Å². The summed E-state index contributed by atoms with van der Waals surface area (Å²) in [5.41, 5.74) is 1.71. The second kappa shape index (κ2) is 8.41. The number of allylic oxidation sites excluding steroid dienone is 2. The molecule has 4 aliphatic rings. The van der Waals surface area contributed by atoms with Crippen LogP contribution in [-0.2, 0) is 22.4 Å². The van der Waals surface area contributed by atoms with Crippen LogP contribution in [0, 0.1) is 23.7 Å². The fourth-order valence-electron chi connectivity index (χ4n) is 6.11. The molecular formula is C24H30N2O4S. The Morgan fingerprint density at radius 3 is 2.39 bits per heavy atom. The van der Waals surface area contributed by atoms with E-state index in [0.29, 0.717) is 10.6 Å². The lowest BCUT2D eigenvalue weighted by Crippen LogP contribution is -2.38. The first kappa shape index (κ1) is 20.7. The van der Waals surface area contributed by atoms with Crippen molar-refractivity contribution in [3.63, 3.8) is 0 Å². The van der Waals surface area contributed by atoms with Gasteiger partial charge in [0.15, 0.2) is 0 Å². The molecular weight excluding hydrogens is 412 g/mol. The number of nitrogens with one attached hydrogen (secondary N) is 2. The van der Waals surface area contributed by atoms with Crippen molar-refractivity contribution in [3.05, 3.63) is 28.2 Å². The molecule has 2 saturated carbocycles. The summed E-state index contributed by atoms with van der Waals surface area (Å²) >= 11 is 1.51. The van der Waals surface area contributed by atoms with Crippen molar-refractivity contribution in [2.24, 2.45) is 23.7 Å². The molecule has 0 radical (unpaired) electrons. The maximum absolute atomic E-state index is 13.3. The smallest absolute Gasteiger partial charge is 0.307 e. The predicted molar refractivity (Wildman–Crippen MR) is 119 cm³/mol. The SMILES string of the molecule is O=C(NC1CCCCC1)c1c(NC(=O)C2C3C=CC(C3)C2C(=O)O)sc2c1CCCC2. The van der Waals surface area contributed by atoms with Gasteiger partial charge in [0.2, 0.25) is 5.91 Å². The maximum Gasteiger partial charge on any atom is 0.307 e. The number of carbonyl (C=O) groups excluding carboxylic acids is 2. The van der Waals surface area contributed by atoms with Crippen LogP contribution >= 0.6 is 11.3 Å². The van der Waals surface area contributed by atoms with Crippen molar-refractivity contribution < 1.29 is 19.5 Å². The van der Waals surface area contributed by atoms with Crippen molar-refractivity contribution in [2.45, 2.75) is 70.3 Å². The molecule has 2 bridgehead atoms. The number of rotatable bonds is 5. The molecule has 0 spiro atoms. The first-order valence-electron chi connectivity index (χ1n) is 11.7. The lowest BCUT2D eigenvalue weighted by atomic mass is 9.82. The van der Waals surface area contributed by atoms with Crippen LogP contribution in [0.15, 0.2) is 12.2 Å². The van der Waals surface area contributed by atoms with Crippen LogP contribution in [0.25, 0.3) is 0 Å². The lowest BCUT2D eigenvalue weighted by molar-refractivity contribution is -0.146. The minimum Gasteiger partial charge on any atom is -0.481 e. The summed E-state index contributed by atoms with van der Waals surface area (Å²) in [6.07, 6.45) is 14.2. The molecule has 4 atom stereocenters. The second-order valence-corrected chi connectivity index (χ2v) is 10.7. The Hall–Kier alpha value is -2.15. The van der Waals surface area contributed by atoms with Gasteiger partial charge in [-0.05, 0) is 62.3 Å². The Labute approximate surface area is 186 Å². The van der Waals surface area contributed by atoms with Crippen LogP contribution in [-0.4, -0.2) is 28.9 Å². The van der Waals surface area contributed by atoms with E-state index >= 15 is 0 Å². The Balaban J connectivity index is 1.40. The van der Waals surface area contributed by atoms with Gasteiger partial charge in [-0.3, -0.25) is 14.4 Å². The number of carbonyl (C=O) groups is 3. The number of aryl methyl sites for hydroxylation is 1. The van der Waals surface area contributed by atoms with Gasteiger partial charge >= 0.3 is 5.97 Å². The average Bonchev–Trinajstić information content (AvgIpc) is 3.46. The number of anilines is 1. The first-order chi connectivity index (χ1) is 15.0. The summed E-state index contributed by atoms with van der Waals surface area (Å²) in [4.78, 5) is 39.6. The molecule has 7 heteroatoms. The van der Waals surface area contributed by atoms with E-state index in [4.69, 9.17) is 0 Å². The molecule has 4 aliphatic carbocycles.